The number of nitrogens with one attached hydrogen (secondary N) is 1. The van der Waals surface area contributed by atoms with Gasteiger partial charge in [0.2, 0.25) is 0 Å². The fraction of sp³-hybridized carbons (Fsp3) is 0.700. The molecule has 9 heteroatoms. The van der Waals surface area contributed by atoms with Crippen molar-refractivity contribution < 1.29 is 21.6 Å². The maximum Gasteiger partial charge on any atom is 0.402 e. The number of hydrogen-bond acceptors (Lipinski definition) is 3. The monoisotopic (exact) mass is 299 g/mol. The molecule has 1 N–H and O–H groups in total. The Hall–Kier alpha value is -1.09. The minimum absolute atomic E-state index is 0.317. The average molecular weight is 299 g/mol. The van der Waals surface area contributed by atoms with E-state index >= 15 is 0 Å². The molecule has 0 saturated heterocycles. The topological polar surface area (TPSA) is 66.1 Å². The number of imidazole rings is 1. The number of aromatic nitrogens is 2. The number of sulfonamides is 1. The van der Waals surface area contributed by atoms with Crippen LogP contribution in [0.4, 0.5) is 13.2 Å². The number of halogens is 3. The van der Waals surface area contributed by atoms with E-state index in [-0.39, 0.29) is 5.03 Å². The van der Waals surface area contributed by atoms with Crippen LogP contribution in [0, 0.1) is 0 Å². The van der Waals surface area contributed by atoms with Crippen molar-refractivity contribution in [3.05, 3.63) is 12.0 Å². The van der Waals surface area contributed by atoms with Gasteiger partial charge in [-0.15, -0.1) is 0 Å². The van der Waals surface area contributed by atoms with Gasteiger partial charge in [-0.2, -0.15) is 17.5 Å². The van der Waals surface area contributed by atoms with Gasteiger partial charge in [0.05, 0.1) is 6.20 Å². The third kappa shape index (κ3) is 3.93. The van der Waals surface area contributed by atoms with E-state index in [1.54, 1.807) is 6.92 Å². The number of rotatable bonds is 5. The summed E-state index contributed by atoms with van der Waals surface area (Å²) in [5.41, 5.74) is 0. The number of nitrogens with zero attached hydrogens (tertiary/aromatic N) is 2. The van der Waals surface area contributed by atoms with Gasteiger partial charge in [-0.05, 0) is 13.8 Å². The predicted molar refractivity (Wildman–Crippen MR) is 63.0 cm³/mol. The first-order valence-corrected chi connectivity index (χ1v) is 7.14. The molecule has 0 aliphatic rings. The van der Waals surface area contributed by atoms with Gasteiger partial charge in [0, 0.05) is 12.5 Å². The lowest BCUT2D eigenvalue weighted by Gasteiger charge is -2.25. The standard InChI is InChI=1S/C10H16F3N3O2S/c1-4-8-14-5-9(15-8)19(17,18)16(7(2)3)6-10(11,12)13/h5,7H,4,6H2,1-3H3,(H,14,15). The molecule has 0 aliphatic carbocycles. The van der Waals surface area contributed by atoms with Gasteiger partial charge >= 0.3 is 6.18 Å². The summed E-state index contributed by atoms with van der Waals surface area (Å²) in [4.78, 5) is 6.31. The van der Waals surface area contributed by atoms with Crippen molar-refractivity contribution in [2.75, 3.05) is 6.54 Å². The normalized spacial score (nSPS) is 13.5. The van der Waals surface area contributed by atoms with Crippen molar-refractivity contribution in [2.45, 2.75) is 44.4 Å². The Morgan fingerprint density at radius 1 is 1.42 bits per heavy atom. The van der Waals surface area contributed by atoms with Crippen LogP contribution in [0.2, 0.25) is 0 Å². The van der Waals surface area contributed by atoms with Crippen LogP contribution in [-0.2, 0) is 16.4 Å². The molecule has 0 amide bonds. The number of aryl methyl sites for hydroxylation is 1. The summed E-state index contributed by atoms with van der Waals surface area (Å²) in [7, 11) is -4.23. The summed E-state index contributed by atoms with van der Waals surface area (Å²) in [6.07, 6.45) is -3.08. The largest absolute Gasteiger partial charge is 0.402 e. The van der Waals surface area contributed by atoms with E-state index in [2.05, 4.69) is 9.97 Å². The van der Waals surface area contributed by atoms with Gasteiger partial charge < -0.3 is 4.98 Å². The number of alkyl halides is 3. The maximum atomic E-state index is 12.5. The lowest BCUT2D eigenvalue weighted by Crippen LogP contribution is -2.43. The summed E-state index contributed by atoms with van der Waals surface area (Å²) in [6.45, 7) is 3.01. The highest BCUT2D eigenvalue weighted by Gasteiger charge is 2.39. The molecule has 5 nitrogen and oxygen atoms in total. The molecule has 0 saturated carbocycles. The van der Waals surface area contributed by atoms with Gasteiger partial charge in [0.25, 0.3) is 10.0 Å². The highest BCUT2D eigenvalue weighted by atomic mass is 32.2. The number of aromatic amines is 1. The second-order valence-electron chi connectivity index (χ2n) is 4.31. The van der Waals surface area contributed by atoms with E-state index in [0.29, 0.717) is 16.6 Å². The highest BCUT2D eigenvalue weighted by Crippen LogP contribution is 2.23. The van der Waals surface area contributed by atoms with E-state index in [1.165, 1.54) is 13.8 Å². The Labute approximate surface area is 109 Å². The smallest absolute Gasteiger partial charge is 0.332 e. The SMILES string of the molecule is CCc1ncc(S(=O)(=O)N(CC(F)(F)F)C(C)C)[nH]1. The Morgan fingerprint density at radius 2 is 2.00 bits per heavy atom. The summed E-state index contributed by atoms with van der Waals surface area (Å²) in [6, 6.07) is -0.806. The van der Waals surface area contributed by atoms with Crippen LogP contribution >= 0.6 is 0 Å². The van der Waals surface area contributed by atoms with Gasteiger partial charge in [-0.3, -0.25) is 0 Å². The Kier molecular flexibility index (Phi) is 4.62. The molecule has 0 bridgehead atoms. The van der Waals surface area contributed by atoms with Crippen molar-refractivity contribution >= 4 is 10.0 Å². The van der Waals surface area contributed by atoms with E-state index < -0.39 is 28.8 Å². The molecule has 1 heterocycles. The average Bonchev–Trinajstić information content (AvgIpc) is 2.73. The Balaban J connectivity index is 3.13. The molecule has 1 rings (SSSR count). The maximum absolute atomic E-state index is 12.5. The van der Waals surface area contributed by atoms with E-state index in [4.69, 9.17) is 0 Å². The zero-order chi connectivity index (χ0) is 14.8. The predicted octanol–water partition coefficient (Wildman–Crippen LogP) is 1.93. The molecule has 0 spiro atoms. The molecule has 1 aromatic rings. The van der Waals surface area contributed by atoms with Gasteiger partial charge in [-0.1, -0.05) is 6.92 Å². The van der Waals surface area contributed by atoms with Crippen molar-refractivity contribution in [1.29, 1.82) is 0 Å². The molecule has 110 valence electrons. The second-order valence-corrected chi connectivity index (χ2v) is 6.17. The fourth-order valence-corrected chi connectivity index (χ4v) is 3.06. The zero-order valence-corrected chi connectivity index (χ0v) is 11.6. The van der Waals surface area contributed by atoms with Gasteiger partial charge in [-0.25, -0.2) is 13.4 Å². The minimum Gasteiger partial charge on any atom is -0.332 e. The van der Waals surface area contributed by atoms with Crippen molar-refractivity contribution in [2.24, 2.45) is 0 Å². The molecule has 1 aromatic heterocycles. The van der Waals surface area contributed by atoms with Crippen molar-refractivity contribution in [1.82, 2.24) is 14.3 Å². The lowest BCUT2D eigenvalue weighted by atomic mass is 10.4. The second kappa shape index (κ2) is 5.49. The van der Waals surface area contributed by atoms with E-state index in [1.807, 2.05) is 0 Å². The Morgan fingerprint density at radius 3 is 2.37 bits per heavy atom. The highest BCUT2D eigenvalue weighted by molar-refractivity contribution is 7.89. The van der Waals surface area contributed by atoms with Crippen LogP contribution < -0.4 is 0 Å². The molecule has 0 aromatic carbocycles. The van der Waals surface area contributed by atoms with Gasteiger partial charge in [0.1, 0.15) is 12.4 Å². The first-order chi connectivity index (χ1) is 8.58. The zero-order valence-electron chi connectivity index (χ0n) is 10.8. The quantitative estimate of drug-likeness (QED) is 0.903. The van der Waals surface area contributed by atoms with Crippen LogP contribution in [0.3, 0.4) is 0 Å². The van der Waals surface area contributed by atoms with Crippen molar-refractivity contribution in [3.63, 3.8) is 0 Å². The molecule has 0 fully saturated rings. The van der Waals surface area contributed by atoms with E-state index in [9.17, 15) is 21.6 Å². The number of hydrogen-bond donors (Lipinski definition) is 1. The number of H-pyrrole nitrogens is 1. The first kappa shape index (κ1) is 16.0. The third-order valence-corrected chi connectivity index (χ3v) is 4.37. The lowest BCUT2D eigenvalue weighted by molar-refractivity contribution is -0.138. The van der Waals surface area contributed by atoms with E-state index in [0.717, 1.165) is 6.20 Å². The Bertz CT molecular complexity index is 522. The fourth-order valence-electron chi connectivity index (χ4n) is 1.50. The summed E-state index contributed by atoms with van der Waals surface area (Å²) in [5.74, 6) is 0.411. The van der Waals surface area contributed by atoms with Gasteiger partial charge in [0.15, 0.2) is 5.03 Å². The molecule has 0 unspecified atom stereocenters. The first-order valence-electron chi connectivity index (χ1n) is 5.70. The third-order valence-electron chi connectivity index (χ3n) is 2.44. The van der Waals surface area contributed by atoms with Crippen LogP contribution in [-0.4, -0.2) is 41.5 Å². The van der Waals surface area contributed by atoms with Crippen LogP contribution in [0.25, 0.3) is 0 Å². The molecule has 0 aliphatic heterocycles. The molecule has 19 heavy (non-hydrogen) atoms. The van der Waals surface area contributed by atoms with Crippen LogP contribution in [0.15, 0.2) is 11.2 Å². The molecular weight excluding hydrogens is 283 g/mol. The molecule has 0 radical (unpaired) electrons. The van der Waals surface area contributed by atoms with Crippen LogP contribution in [0.1, 0.15) is 26.6 Å². The van der Waals surface area contributed by atoms with Crippen LogP contribution in [0.5, 0.6) is 0 Å². The minimum atomic E-state index is -4.59. The van der Waals surface area contributed by atoms with Crippen molar-refractivity contribution in [3.8, 4) is 0 Å². The molecule has 0 atom stereocenters. The summed E-state index contributed by atoms with van der Waals surface area (Å²) < 4.78 is 62.0. The molecular formula is C10H16F3N3O2S. The summed E-state index contributed by atoms with van der Waals surface area (Å²) in [5, 5.41) is -0.317. The summed E-state index contributed by atoms with van der Waals surface area (Å²) >= 11 is 0.